The van der Waals surface area contributed by atoms with Crippen LogP contribution in [-0.4, -0.2) is 18.8 Å². The van der Waals surface area contributed by atoms with Crippen molar-refractivity contribution in [2.45, 2.75) is 12.8 Å². The predicted octanol–water partition coefficient (Wildman–Crippen LogP) is 1.24. The molecule has 0 saturated heterocycles. The van der Waals surface area contributed by atoms with Crippen LogP contribution < -0.4 is 15.7 Å². The Kier molecular flexibility index (Phi) is 3.94. The summed E-state index contributed by atoms with van der Waals surface area (Å²) in [4.78, 5) is 0. The second kappa shape index (κ2) is 5.45. The van der Waals surface area contributed by atoms with Gasteiger partial charge in [0.25, 0.3) is 0 Å². The van der Waals surface area contributed by atoms with E-state index in [1.807, 2.05) is 0 Å². The summed E-state index contributed by atoms with van der Waals surface area (Å²) in [6.07, 6.45) is 4.62. The van der Waals surface area contributed by atoms with Crippen molar-refractivity contribution >= 4 is 16.7 Å². The lowest BCUT2D eigenvalue weighted by atomic mass is 10.3. The average molecular weight is 222 g/mol. The standard InChI is InChI=1S/C12H18N2S/c13-8-3-4-10-15-12-6-2-1-5-11(12)7-9-14-15/h1-2,5-7,14H,3-4,8-10,13H2. The molecule has 1 heterocycles. The lowest BCUT2D eigenvalue weighted by Gasteiger charge is -2.14. The molecule has 0 spiro atoms. The molecule has 0 saturated carbocycles. The maximum Gasteiger partial charge on any atom is 0.0244 e. The van der Waals surface area contributed by atoms with Gasteiger partial charge in [0, 0.05) is 16.8 Å². The fourth-order valence-electron chi connectivity index (χ4n) is 1.78. The zero-order valence-corrected chi connectivity index (χ0v) is 9.72. The lowest BCUT2D eigenvalue weighted by molar-refractivity contribution is 0.812. The van der Waals surface area contributed by atoms with E-state index in [9.17, 15) is 0 Å². The van der Waals surface area contributed by atoms with Crippen molar-refractivity contribution in [1.29, 1.82) is 0 Å². The number of benzene rings is 1. The van der Waals surface area contributed by atoms with Crippen molar-refractivity contribution in [3.63, 3.8) is 0 Å². The molecule has 0 aliphatic carbocycles. The van der Waals surface area contributed by atoms with Gasteiger partial charge in [-0.15, -0.1) is 10.7 Å². The van der Waals surface area contributed by atoms with E-state index in [1.54, 1.807) is 0 Å². The molecule has 1 aliphatic heterocycles. The summed E-state index contributed by atoms with van der Waals surface area (Å²) in [6, 6.07) is 8.69. The van der Waals surface area contributed by atoms with E-state index in [-0.39, 0.29) is 10.7 Å². The molecule has 15 heavy (non-hydrogen) atoms. The van der Waals surface area contributed by atoms with Gasteiger partial charge in [-0.25, -0.2) is 0 Å². The van der Waals surface area contributed by atoms with E-state index in [0.717, 1.165) is 19.5 Å². The van der Waals surface area contributed by atoms with Crippen molar-refractivity contribution in [2.24, 2.45) is 5.73 Å². The highest BCUT2D eigenvalue weighted by molar-refractivity contribution is 8.07. The molecule has 1 aliphatic rings. The fourth-order valence-corrected chi connectivity index (χ4v) is 3.75. The van der Waals surface area contributed by atoms with Crippen molar-refractivity contribution in [3.05, 3.63) is 34.0 Å². The minimum Gasteiger partial charge on any atom is -0.330 e. The maximum atomic E-state index is 5.52. The summed E-state index contributed by atoms with van der Waals surface area (Å²) >= 11 is 0. The van der Waals surface area contributed by atoms with Crippen LogP contribution in [0.2, 0.25) is 0 Å². The molecule has 1 atom stereocenters. The first-order valence-corrected chi connectivity index (χ1v) is 6.88. The quantitative estimate of drug-likeness (QED) is 0.594. The van der Waals surface area contributed by atoms with Gasteiger partial charge in [-0.05, 0) is 30.7 Å². The summed E-state index contributed by atoms with van der Waals surface area (Å²) in [5.41, 5.74) is 5.52. The van der Waals surface area contributed by atoms with Crippen LogP contribution in [0.25, 0.3) is 6.08 Å². The van der Waals surface area contributed by atoms with Crippen LogP contribution in [0.4, 0.5) is 0 Å². The third-order valence-electron chi connectivity index (χ3n) is 2.57. The van der Waals surface area contributed by atoms with Gasteiger partial charge < -0.3 is 5.73 Å². The molecule has 2 nitrogen and oxygen atoms in total. The molecule has 0 aromatic heterocycles. The van der Waals surface area contributed by atoms with Crippen LogP contribution in [0.5, 0.6) is 0 Å². The third kappa shape index (κ3) is 2.68. The first kappa shape index (κ1) is 10.9. The van der Waals surface area contributed by atoms with Crippen LogP contribution in [0.15, 0.2) is 24.3 Å². The molecule has 3 N–H and O–H groups in total. The molecule has 3 heteroatoms. The Bertz CT molecular complexity index is 439. The Labute approximate surface area is 93.2 Å². The maximum absolute atomic E-state index is 5.52. The smallest absolute Gasteiger partial charge is 0.0244 e. The van der Waals surface area contributed by atoms with E-state index in [2.05, 4.69) is 35.1 Å². The number of hydrogen-bond acceptors (Lipinski definition) is 2. The van der Waals surface area contributed by atoms with E-state index in [4.69, 9.17) is 5.73 Å². The summed E-state index contributed by atoms with van der Waals surface area (Å²) < 4.78 is 5.04. The first-order chi connectivity index (χ1) is 7.42. The molecule has 1 unspecified atom stereocenters. The Morgan fingerprint density at radius 3 is 3.00 bits per heavy atom. The summed E-state index contributed by atoms with van der Waals surface area (Å²) in [7, 11) is 0.242. The summed E-state index contributed by atoms with van der Waals surface area (Å²) in [5, 5.41) is 1.41. The van der Waals surface area contributed by atoms with E-state index < -0.39 is 0 Å². The predicted molar refractivity (Wildman–Crippen MR) is 68.1 cm³/mol. The highest BCUT2D eigenvalue weighted by Crippen LogP contribution is 2.15. The van der Waals surface area contributed by atoms with Gasteiger partial charge in [0.15, 0.2) is 0 Å². The molecule has 2 rings (SSSR count). The van der Waals surface area contributed by atoms with Crippen LogP contribution >= 0.6 is 10.7 Å². The topological polar surface area (TPSA) is 38.0 Å². The fraction of sp³-hybridized carbons (Fsp3) is 0.417. The number of unbranched alkanes of at least 4 members (excludes halogenated alkanes) is 1. The Morgan fingerprint density at radius 1 is 1.27 bits per heavy atom. The normalized spacial score (nSPS) is 19.4. The summed E-state index contributed by atoms with van der Waals surface area (Å²) in [6.45, 7) is 1.81. The zero-order chi connectivity index (χ0) is 10.5. The highest BCUT2D eigenvalue weighted by Gasteiger charge is 2.01. The van der Waals surface area contributed by atoms with Crippen molar-refractivity contribution < 1.29 is 0 Å². The SMILES string of the molecule is NCCCCS1=c2ccccc2=CCN1. The number of nitrogens with one attached hydrogen (secondary N) is 1. The molecule has 1 aromatic carbocycles. The monoisotopic (exact) mass is 222 g/mol. The largest absolute Gasteiger partial charge is 0.330 e. The van der Waals surface area contributed by atoms with Gasteiger partial charge >= 0.3 is 0 Å². The molecular formula is C12H18N2S. The van der Waals surface area contributed by atoms with Gasteiger partial charge in [0.2, 0.25) is 0 Å². The van der Waals surface area contributed by atoms with Gasteiger partial charge in [0.05, 0.1) is 0 Å². The van der Waals surface area contributed by atoms with Gasteiger partial charge in [0.1, 0.15) is 0 Å². The highest BCUT2D eigenvalue weighted by atomic mass is 32.2. The third-order valence-corrected chi connectivity index (χ3v) is 4.68. The minimum absolute atomic E-state index is 0.242. The van der Waals surface area contributed by atoms with E-state index in [0.29, 0.717) is 0 Å². The van der Waals surface area contributed by atoms with Crippen molar-refractivity contribution in [3.8, 4) is 0 Å². The molecule has 82 valence electrons. The lowest BCUT2D eigenvalue weighted by Crippen LogP contribution is -2.19. The Hall–Kier alpha value is -0.640. The van der Waals surface area contributed by atoms with Gasteiger partial charge in [-0.2, -0.15) is 0 Å². The second-order valence-electron chi connectivity index (χ2n) is 3.68. The average Bonchev–Trinajstić information content (AvgIpc) is 2.30. The van der Waals surface area contributed by atoms with Crippen LogP contribution in [0, 0.1) is 4.51 Å². The molecule has 0 radical (unpaired) electrons. The van der Waals surface area contributed by atoms with E-state index >= 15 is 0 Å². The molecule has 0 fully saturated rings. The van der Waals surface area contributed by atoms with Crippen molar-refractivity contribution in [1.82, 2.24) is 4.72 Å². The van der Waals surface area contributed by atoms with Crippen LogP contribution in [0.1, 0.15) is 12.8 Å². The van der Waals surface area contributed by atoms with Gasteiger partial charge in [-0.3, -0.25) is 4.72 Å². The minimum atomic E-state index is 0.242. The van der Waals surface area contributed by atoms with Crippen LogP contribution in [-0.2, 0) is 0 Å². The number of hydrogen-bond donors (Lipinski definition) is 2. The van der Waals surface area contributed by atoms with Crippen LogP contribution in [0.3, 0.4) is 0 Å². The second-order valence-corrected chi connectivity index (χ2v) is 5.60. The van der Waals surface area contributed by atoms with Gasteiger partial charge in [-0.1, -0.05) is 24.3 Å². The molecule has 0 amide bonds. The molecule has 0 bridgehead atoms. The van der Waals surface area contributed by atoms with E-state index in [1.165, 1.54) is 21.9 Å². The van der Waals surface area contributed by atoms with Crippen molar-refractivity contribution in [2.75, 3.05) is 18.8 Å². The number of rotatable bonds is 4. The molecular weight excluding hydrogens is 204 g/mol. The number of fused-ring (bicyclic) bond motifs is 1. The summed E-state index contributed by atoms with van der Waals surface area (Å²) in [5.74, 6) is 1.22. The zero-order valence-electron chi connectivity index (χ0n) is 8.91. The Morgan fingerprint density at radius 2 is 2.13 bits per heavy atom. The Balaban J connectivity index is 2.26. The first-order valence-electron chi connectivity index (χ1n) is 5.48. The number of nitrogens with two attached hydrogens (primary N) is 1. The molecule has 1 aromatic rings.